The van der Waals surface area contributed by atoms with E-state index in [0.717, 1.165) is 62.6 Å². The highest BCUT2D eigenvalue weighted by Crippen LogP contribution is 2.50. The summed E-state index contributed by atoms with van der Waals surface area (Å²) in [6.45, 7) is 1.50. The van der Waals surface area contributed by atoms with Crippen LogP contribution in [0.2, 0.25) is 0 Å². The molecule has 3 aromatic rings. The summed E-state index contributed by atoms with van der Waals surface area (Å²) in [4.78, 5) is 14.4. The maximum atomic E-state index is 14.1. The molecule has 1 aliphatic rings. The van der Waals surface area contributed by atoms with Crippen molar-refractivity contribution < 1.29 is 18.6 Å². The first kappa shape index (κ1) is 24.4. The number of hydrogen-bond donors (Lipinski definition) is 3. The molecule has 0 unspecified atom stereocenters. The summed E-state index contributed by atoms with van der Waals surface area (Å²) in [5.74, 6) is -2.87. The number of pyridine rings is 1. The Morgan fingerprint density at radius 1 is 1.00 bits per heavy atom. The lowest BCUT2D eigenvalue weighted by atomic mass is 9.91. The average Bonchev–Trinajstić information content (AvgIpc) is 3.62. The fourth-order valence-electron chi connectivity index (χ4n) is 4.49. The quantitative estimate of drug-likeness (QED) is 0.299. The zero-order chi connectivity index (χ0) is 24.0. The Bertz CT molecular complexity index is 1140. The number of aromatic hydroxyl groups is 1. The van der Waals surface area contributed by atoms with Gasteiger partial charge in [0.1, 0.15) is 12.4 Å². The van der Waals surface area contributed by atoms with Gasteiger partial charge in [-0.25, -0.2) is 0 Å². The molecule has 0 saturated heterocycles. The lowest BCUT2D eigenvalue weighted by Crippen LogP contribution is -2.28. The largest absolute Gasteiger partial charge is 0.506 e. The van der Waals surface area contributed by atoms with Crippen LogP contribution >= 0.6 is 0 Å². The Kier molecular flexibility index (Phi) is 7.63. The monoisotopic (exact) mass is 470 g/mol. The third-order valence-corrected chi connectivity index (χ3v) is 6.63. The SMILES string of the molecule is O=c1ccc2c(C3(CNCCCCCCOCC(F)(F)c4ccccc4)CC3)ccc(O)c2[nH]1. The molecule has 1 aliphatic carbocycles. The predicted octanol–water partition coefficient (Wildman–Crippen LogP) is 5.22. The van der Waals surface area contributed by atoms with Gasteiger partial charge in [0.05, 0.1) is 5.52 Å². The second kappa shape index (κ2) is 10.7. The smallest absolute Gasteiger partial charge is 0.296 e. The highest BCUT2D eigenvalue weighted by Gasteiger charge is 2.44. The van der Waals surface area contributed by atoms with Crippen molar-refractivity contribution in [3.63, 3.8) is 0 Å². The number of H-pyrrole nitrogens is 1. The van der Waals surface area contributed by atoms with Crippen molar-refractivity contribution in [2.24, 2.45) is 0 Å². The van der Waals surface area contributed by atoms with Crippen molar-refractivity contribution in [3.05, 3.63) is 76.1 Å². The Balaban J connectivity index is 1.13. The summed E-state index contributed by atoms with van der Waals surface area (Å²) < 4.78 is 33.3. The van der Waals surface area contributed by atoms with E-state index in [1.807, 2.05) is 6.07 Å². The van der Waals surface area contributed by atoms with Gasteiger partial charge in [-0.15, -0.1) is 0 Å². The number of halogens is 2. The highest BCUT2D eigenvalue weighted by molar-refractivity contribution is 5.88. The number of phenolic OH excluding ortho intramolecular Hbond substituents is 1. The van der Waals surface area contributed by atoms with Gasteiger partial charge in [0.25, 0.3) is 5.92 Å². The first-order valence-electron chi connectivity index (χ1n) is 12.0. The van der Waals surface area contributed by atoms with E-state index in [0.29, 0.717) is 12.1 Å². The van der Waals surface area contributed by atoms with Crippen LogP contribution in [0.15, 0.2) is 59.4 Å². The number of hydrogen-bond acceptors (Lipinski definition) is 4. The van der Waals surface area contributed by atoms with Crippen molar-refractivity contribution >= 4 is 10.9 Å². The van der Waals surface area contributed by atoms with Gasteiger partial charge < -0.3 is 20.1 Å². The normalized spacial score (nSPS) is 15.0. The van der Waals surface area contributed by atoms with Crippen molar-refractivity contribution in [2.45, 2.75) is 49.9 Å². The minimum Gasteiger partial charge on any atom is -0.506 e. The maximum Gasteiger partial charge on any atom is 0.296 e. The Morgan fingerprint density at radius 3 is 2.53 bits per heavy atom. The van der Waals surface area contributed by atoms with Gasteiger partial charge in [0.15, 0.2) is 0 Å². The molecular formula is C27H32F2N2O3. The van der Waals surface area contributed by atoms with Gasteiger partial charge in [0, 0.05) is 35.6 Å². The molecule has 0 amide bonds. The molecule has 0 aliphatic heterocycles. The summed E-state index contributed by atoms with van der Waals surface area (Å²) >= 11 is 0. The zero-order valence-electron chi connectivity index (χ0n) is 19.3. The van der Waals surface area contributed by atoms with Crippen LogP contribution in [0.1, 0.15) is 49.7 Å². The van der Waals surface area contributed by atoms with E-state index in [1.54, 1.807) is 30.3 Å². The van der Waals surface area contributed by atoms with E-state index < -0.39 is 12.5 Å². The van der Waals surface area contributed by atoms with Crippen molar-refractivity contribution in [3.8, 4) is 5.75 Å². The number of nitrogens with one attached hydrogen (secondary N) is 2. The molecule has 34 heavy (non-hydrogen) atoms. The minimum absolute atomic E-state index is 0.0110. The topological polar surface area (TPSA) is 74.3 Å². The Morgan fingerprint density at radius 2 is 1.76 bits per heavy atom. The third-order valence-electron chi connectivity index (χ3n) is 6.63. The van der Waals surface area contributed by atoms with E-state index in [-0.39, 0.29) is 22.3 Å². The van der Waals surface area contributed by atoms with Gasteiger partial charge in [-0.2, -0.15) is 8.78 Å². The molecule has 3 N–H and O–H groups in total. The number of benzene rings is 2. The second-order valence-corrected chi connectivity index (χ2v) is 9.24. The van der Waals surface area contributed by atoms with E-state index in [4.69, 9.17) is 4.74 Å². The molecule has 0 spiro atoms. The van der Waals surface area contributed by atoms with Crippen molar-refractivity contribution in [2.75, 3.05) is 26.3 Å². The fraction of sp³-hybridized carbons (Fsp3) is 0.444. The van der Waals surface area contributed by atoms with Crippen LogP contribution < -0.4 is 10.9 Å². The molecule has 7 heteroatoms. The molecule has 5 nitrogen and oxygen atoms in total. The van der Waals surface area contributed by atoms with Crippen LogP contribution in [0.25, 0.3) is 10.9 Å². The molecule has 0 bridgehead atoms. The van der Waals surface area contributed by atoms with Crippen LogP contribution in [-0.2, 0) is 16.1 Å². The second-order valence-electron chi connectivity index (χ2n) is 9.24. The number of rotatable bonds is 13. The van der Waals surface area contributed by atoms with Gasteiger partial charge in [-0.05, 0) is 49.9 Å². The summed E-state index contributed by atoms with van der Waals surface area (Å²) in [5.41, 5.74) is 1.47. The first-order chi connectivity index (χ1) is 16.4. The number of ether oxygens (including phenoxy) is 1. The van der Waals surface area contributed by atoms with Crippen molar-refractivity contribution in [1.29, 1.82) is 0 Å². The van der Waals surface area contributed by atoms with E-state index in [2.05, 4.69) is 10.3 Å². The number of alkyl halides is 2. The summed E-state index contributed by atoms with van der Waals surface area (Å²) in [6.07, 6.45) is 5.89. The Labute approximate surface area is 198 Å². The zero-order valence-corrected chi connectivity index (χ0v) is 19.3. The van der Waals surface area contributed by atoms with Gasteiger partial charge in [0.2, 0.25) is 5.56 Å². The molecule has 0 radical (unpaired) electrons. The van der Waals surface area contributed by atoms with Crippen LogP contribution in [0, 0.1) is 0 Å². The molecule has 1 aromatic heterocycles. The van der Waals surface area contributed by atoms with Gasteiger partial charge in [-0.1, -0.05) is 49.2 Å². The molecule has 4 rings (SSSR count). The van der Waals surface area contributed by atoms with Crippen LogP contribution in [0.5, 0.6) is 5.75 Å². The van der Waals surface area contributed by atoms with E-state index in [9.17, 15) is 18.7 Å². The predicted molar refractivity (Wildman–Crippen MR) is 130 cm³/mol. The number of aromatic nitrogens is 1. The third kappa shape index (κ3) is 5.83. The van der Waals surface area contributed by atoms with E-state index in [1.165, 1.54) is 18.2 Å². The van der Waals surface area contributed by atoms with Crippen LogP contribution in [-0.4, -0.2) is 36.4 Å². The Hall–Kier alpha value is -2.77. The summed E-state index contributed by atoms with van der Waals surface area (Å²) in [6, 6.07) is 14.7. The summed E-state index contributed by atoms with van der Waals surface area (Å²) in [7, 11) is 0. The first-order valence-corrected chi connectivity index (χ1v) is 12.0. The lowest BCUT2D eigenvalue weighted by molar-refractivity contribution is -0.0831. The number of unbranched alkanes of at least 4 members (excludes halogenated alkanes) is 3. The molecule has 1 saturated carbocycles. The highest BCUT2D eigenvalue weighted by atomic mass is 19.3. The van der Waals surface area contributed by atoms with E-state index >= 15 is 0 Å². The molecular weight excluding hydrogens is 438 g/mol. The standard InChI is InChI=1S/C27H32F2N2O3/c28-27(29,20-8-4-3-5-9-20)19-34-17-7-2-1-6-16-30-18-26(14-15-26)22-11-12-23(32)25-21(22)10-13-24(33)31-25/h3-5,8-13,30,32H,1-2,6-7,14-19H2,(H,31,33). The molecule has 1 heterocycles. The average molecular weight is 471 g/mol. The lowest BCUT2D eigenvalue weighted by Gasteiger charge is -2.19. The number of phenols is 1. The molecule has 182 valence electrons. The van der Waals surface area contributed by atoms with Gasteiger partial charge in [-0.3, -0.25) is 4.79 Å². The molecule has 2 aromatic carbocycles. The number of fused-ring (bicyclic) bond motifs is 1. The minimum atomic E-state index is -2.96. The van der Waals surface area contributed by atoms with Gasteiger partial charge >= 0.3 is 0 Å². The number of aromatic amines is 1. The molecule has 1 fully saturated rings. The maximum absolute atomic E-state index is 14.1. The fourth-order valence-corrected chi connectivity index (χ4v) is 4.49. The van der Waals surface area contributed by atoms with Crippen LogP contribution in [0.4, 0.5) is 8.78 Å². The van der Waals surface area contributed by atoms with Crippen LogP contribution in [0.3, 0.4) is 0 Å². The summed E-state index contributed by atoms with van der Waals surface area (Å²) in [5, 5.41) is 14.6. The van der Waals surface area contributed by atoms with Crippen molar-refractivity contribution in [1.82, 2.24) is 10.3 Å². The molecule has 0 atom stereocenters.